The average Bonchev–Trinajstić information content (AvgIpc) is 2.61. The van der Waals surface area contributed by atoms with E-state index in [2.05, 4.69) is 4.98 Å². The normalized spacial score (nSPS) is 14.8. The van der Waals surface area contributed by atoms with Gasteiger partial charge in [0.2, 0.25) is 5.01 Å². The maximum atomic E-state index is 11.6. The minimum absolute atomic E-state index is 0.307. The van der Waals surface area contributed by atoms with Crippen LogP contribution < -0.4 is 0 Å². The molecular formula is C11H14N2O4S. The molecule has 0 radical (unpaired) electrons. The third kappa shape index (κ3) is 2.61. The lowest BCUT2D eigenvalue weighted by molar-refractivity contribution is 0.0525. The predicted molar refractivity (Wildman–Crippen MR) is 64.8 cm³/mol. The molecule has 1 aliphatic rings. The van der Waals surface area contributed by atoms with Crippen molar-refractivity contribution in [1.29, 1.82) is 0 Å². The van der Waals surface area contributed by atoms with Crippen molar-refractivity contribution in [1.82, 2.24) is 9.88 Å². The van der Waals surface area contributed by atoms with E-state index in [1.165, 1.54) is 16.2 Å². The van der Waals surface area contributed by atoms with Crippen LogP contribution in [-0.2, 0) is 17.7 Å². The molecule has 98 valence electrons. The van der Waals surface area contributed by atoms with Gasteiger partial charge < -0.3 is 14.7 Å². The SMILES string of the molecule is CCOC(=O)c1nc2c(s1)CN(C(=O)O)CCC2. The fourth-order valence-electron chi connectivity index (χ4n) is 1.84. The molecule has 0 saturated carbocycles. The summed E-state index contributed by atoms with van der Waals surface area (Å²) in [5.74, 6) is -0.433. The quantitative estimate of drug-likeness (QED) is 0.828. The minimum atomic E-state index is -0.936. The Balaban J connectivity index is 2.20. The Morgan fingerprint density at radius 1 is 1.56 bits per heavy atom. The molecule has 1 amide bonds. The molecule has 6 nitrogen and oxygen atoms in total. The molecule has 2 heterocycles. The first-order valence-electron chi connectivity index (χ1n) is 5.75. The van der Waals surface area contributed by atoms with Crippen molar-refractivity contribution in [3.8, 4) is 0 Å². The summed E-state index contributed by atoms with van der Waals surface area (Å²) in [7, 11) is 0. The van der Waals surface area contributed by atoms with E-state index < -0.39 is 12.1 Å². The zero-order chi connectivity index (χ0) is 13.1. The fraction of sp³-hybridized carbons (Fsp3) is 0.545. The highest BCUT2D eigenvalue weighted by Crippen LogP contribution is 2.25. The maximum Gasteiger partial charge on any atom is 0.407 e. The van der Waals surface area contributed by atoms with Crippen molar-refractivity contribution in [2.45, 2.75) is 26.3 Å². The second-order valence-corrected chi connectivity index (χ2v) is 5.00. The molecular weight excluding hydrogens is 256 g/mol. The third-order valence-corrected chi connectivity index (χ3v) is 3.74. The van der Waals surface area contributed by atoms with Crippen LogP contribution in [0.5, 0.6) is 0 Å². The summed E-state index contributed by atoms with van der Waals surface area (Å²) in [6, 6.07) is 0. The van der Waals surface area contributed by atoms with Crippen molar-refractivity contribution in [3.63, 3.8) is 0 Å². The lowest BCUT2D eigenvalue weighted by atomic mass is 10.2. The summed E-state index contributed by atoms with van der Waals surface area (Å²) in [5, 5.41) is 9.32. The predicted octanol–water partition coefficient (Wildman–Crippen LogP) is 1.75. The van der Waals surface area contributed by atoms with Crippen LogP contribution in [0.3, 0.4) is 0 Å². The highest BCUT2D eigenvalue weighted by molar-refractivity contribution is 7.13. The van der Waals surface area contributed by atoms with Crippen LogP contribution in [0.1, 0.15) is 33.7 Å². The summed E-state index contributed by atoms with van der Waals surface area (Å²) in [6.45, 7) is 2.86. The molecule has 0 bridgehead atoms. The number of fused-ring (bicyclic) bond motifs is 1. The van der Waals surface area contributed by atoms with E-state index in [9.17, 15) is 9.59 Å². The van der Waals surface area contributed by atoms with Gasteiger partial charge in [0, 0.05) is 11.4 Å². The molecule has 0 unspecified atom stereocenters. The van der Waals surface area contributed by atoms with Gasteiger partial charge in [0.1, 0.15) is 0 Å². The van der Waals surface area contributed by atoms with Crippen LogP contribution >= 0.6 is 11.3 Å². The van der Waals surface area contributed by atoms with E-state index >= 15 is 0 Å². The van der Waals surface area contributed by atoms with Gasteiger partial charge in [-0.05, 0) is 19.8 Å². The first-order valence-corrected chi connectivity index (χ1v) is 6.57. The van der Waals surface area contributed by atoms with Gasteiger partial charge in [-0.25, -0.2) is 14.6 Å². The van der Waals surface area contributed by atoms with Crippen molar-refractivity contribution in [2.24, 2.45) is 0 Å². The highest BCUT2D eigenvalue weighted by Gasteiger charge is 2.23. The Bertz CT molecular complexity index is 472. The number of nitrogens with zero attached hydrogens (tertiary/aromatic N) is 2. The van der Waals surface area contributed by atoms with Gasteiger partial charge in [0.25, 0.3) is 0 Å². The number of ether oxygens (including phenoxy) is 1. The van der Waals surface area contributed by atoms with E-state index in [1.54, 1.807) is 6.92 Å². The number of rotatable bonds is 2. The van der Waals surface area contributed by atoms with Crippen LogP contribution in [0, 0.1) is 0 Å². The number of carbonyl (C=O) groups is 2. The molecule has 1 aromatic heterocycles. The molecule has 7 heteroatoms. The average molecular weight is 270 g/mol. The Morgan fingerprint density at radius 2 is 2.33 bits per heavy atom. The van der Waals surface area contributed by atoms with Crippen LogP contribution in [0.4, 0.5) is 4.79 Å². The zero-order valence-electron chi connectivity index (χ0n) is 10.0. The summed E-state index contributed by atoms with van der Waals surface area (Å²) in [4.78, 5) is 29.0. The molecule has 0 fully saturated rings. The van der Waals surface area contributed by atoms with Gasteiger partial charge in [-0.15, -0.1) is 11.3 Å². The van der Waals surface area contributed by atoms with Crippen molar-refractivity contribution < 1.29 is 19.4 Å². The van der Waals surface area contributed by atoms with E-state index in [-0.39, 0.29) is 0 Å². The van der Waals surface area contributed by atoms with Crippen molar-refractivity contribution in [2.75, 3.05) is 13.2 Å². The number of hydrogen-bond acceptors (Lipinski definition) is 5. The van der Waals surface area contributed by atoms with Gasteiger partial charge in [0.05, 0.1) is 18.8 Å². The Labute approximate surface area is 108 Å². The number of carboxylic acid groups (broad SMARTS) is 1. The molecule has 1 N–H and O–H groups in total. The van der Waals surface area contributed by atoms with Crippen molar-refractivity contribution in [3.05, 3.63) is 15.6 Å². The van der Waals surface area contributed by atoms with E-state index in [1.807, 2.05) is 0 Å². The molecule has 0 aliphatic carbocycles. The van der Waals surface area contributed by atoms with Crippen LogP contribution in [0.2, 0.25) is 0 Å². The third-order valence-electron chi connectivity index (χ3n) is 2.67. The molecule has 0 atom stereocenters. The minimum Gasteiger partial charge on any atom is -0.465 e. The number of carbonyl (C=O) groups excluding carboxylic acids is 1. The number of aryl methyl sites for hydroxylation is 1. The molecule has 1 aliphatic heterocycles. The first-order chi connectivity index (χ1) is 8.61. The van der Waals surface area contributed by atoms with Crippen LogP contribution in [0.15, 0.2) is 0 Å². The molecule has 18 heavy (non-hydrogen) atoms. The molecule has 1 aromatic rings. The van der Waals surface area contributed by atoms with Gasteiger partial charge in [-0.2, -0.15) is 0 Å². The summed E-state index contributed by atoms with van der Waals surface area (Å²) < 4.78 is 4.89. The smallest absolute Gasteiger partial charge is 0.407 e. The van der Waals surface area contributed by atoms with Gasteiger partial charge in [-0.1, -0.05) is 0 Å². The Morgan fingerprint density at radius 3 is 3.00 bits per heavy atom. The molecule has 0 aromatic carbocycles. The Hall–Kier alpha value is -1.63. The van der Waals surface area contributed by atoms with Crippen LogP contribution in [0.25, 0.3) is 0 Å². The number of aromatic nitrogens is 1. The Kier molecular flexibility index (Phi) is 3.81. The van der Waals surface area contributed by atoms with Gasteiger partial charge >= 0.3 is 12.1 Å². The topological polar surface area (TPSA) is 79.7 Å². The lowest BCUT2D eigenvalue weighted by Gasteiger charge is -2.15. The summed E-state index contributed by atoms with van der Waals surface area (Å²) in [5.41, 5.74) is 0.826. The monoisotopic (exact) mass is 270 g/mol. The maximum absolute atomic E-state index is 11.6. The van der Waals surface area contributed by atoms with E-state index in [0.717, 1.165) is 17.0 Å². The number of thiazole rings is 1. The molecule has 0 spiro atoms. The summed E-state index contributed by atoms with van der Waals surface area (Å²) >= 11 is 1.23. The molecule has 0 saturated heterocycles. The summed E-state index contributed by atoms with van der Waals surface area (Å²) in [6.07, 6.45) is 0.495. The fourth-order valence-corrected chi connectivity index (χ4v) is 2.85. The second kappa shape index (κ2) is 5.34. The number of amides is 1. The standard InChI is InChI=1S/C11H14N2O4S/c1-2-17-10(14)9-12-7-4-3-5-13(11(15)16)6-8(7)18-9/h2-6H2,1H3,(H,15,16). The van der Waals surface area contributed by atoms with E-state index in [4.69, 9.17) is 9.84 Å². The van der Waals surface area contributed by atoms with E-state index in [0.29, 0.717) is 31.1 Å². The zero-order valence-corrected chi connectivity index (χ0v) is 10.8. The van der Waals surface area contributed by atoms with Crippen LogP contribution in [-0.4, -0.2) is 40.2 Å². The number of hydrogen-bond donors (Lipinski definition) is 1. The van der Waals surface area contributed by atoms with Crippen molar-refractivity contribution >= 4 is 23.4 Å². The molecule has 2 rings (SSSR count). The highest BCUT2D eigenvalue weighted by atomic mass is 32.1. The number of esters is 1. The van der Waals surface area contributed by atoms with Gasteiger partial charge in [-0.3, -0.25) is 0 Å². The first kappa shape index (κ1) is 12.8. The second-order valence-electron chi connectivity index (χ2n) is 3.92. The lowest BCUT2D eigenvalue weighted by Crippen LogP contribution is -2.28. The largest absolute Gasteiger partial charge is 0.465 e. The van der Waals surface area contributed by atoms with Gasteiger partial charge in [0.15, 0.2) is 0 Å².